The number of allylic oxidation sites excluding steroid dienone is 1. The number of carbonyl (C=O) groups excluding carboxylic acids is 5. The maximum atomic E-state index is 15.3. The molecule has 0 bridgehead atoms. The summed E-state index contributed by atoms with van der Waals surface area (Å²) in [6, 6.07) is 15.5. The van der Waals surface area contributed by atoms with Crippen LogP contribution in [0.1, 0.15) is 97.6 Å². The maximum Gasteiger partial charge on any atom is 0.264 e. The van der Waals surface area contributed by atoms with E-state index in [1.807, 2.05) is 35.8 Å². The maximum absolute atomic E-state index is 15.3. The average molecular weight is 880 g/mol. The number of nitrogens with zero attached hydrogens (tertiary/aromatic N) is 4. The Morgan fingerprint density at radius 3 is 2.55 bits per heavy atom. The van der Waals surface area contributed by atoms with Crippen molar-refractivity contribution in [3.05, 3.63) is 127 Å². The van der Waals surface area contributed by atoms with Crippen LogP contribution < -0.4 is 20.7 Å². The van der Waals surface area contributed by atoms with Crippen LogP contribution in [0.2, 0.25) is 5.02 Å². The molecular weight excluding hydrogens is 837 g/mol. The van der Waals surface area contributed by atoms with Gasteiger partial charge in [0.25, 0.3) is 11.8 Å². The van der Waals surface area contributed by atoms with Crippen molar-refractivity contribution in [2.75, 3.05) is 31.7 Å². The molecule has 3 aliphatic rings. The fourth-order valence-corrected chi connectivity index (χ4v) is 9.41. The molecule has 5 amide bonds. The predicted octanol–water partition coefficient (Wildman–Crippen LogP) is 6.75. The van der Waals surface area contributed by atoms with E-state index in [1.165, 1.54) is 23.1 Å². The molecule has 0 spiro atoms. The Kier molecular flexibility index (Phi) is 12.1. The molecule has 2 aromatic heterocycles. The normalized spacial score (nSPS) is 17.5. The number of nitrogens with one attached hydrogen (secondary N) is 3. The lowest BCUT2D eigenvalue weighted by atomic mass is 9.92. The van der Waals surface area contributed by atoms with Crippen LogP contribution in [0, 0.1) is 26.6 Å². The van der Waals surface area contributed by atoms with Crippen molar-refractivity contribution in [1.82, 2.24) is 30.3 Å². The number of anilines is 1. The topological polar surface area (TPSA) is 174 Å². The number of imide groups is 2. The van der Waals surface area contributed by atoms with E-state index in [0.29, 0.717) is 22.1 Å². The van der Waals surface area contributed by atoms with Crippen LogP contribution in [-0.4, -0.2) is 81.6 Å². The molecule has 3 aromatic carbocycles. The van der Waals surface area contributed by atoms with Crippen molar-refractivity contribution in [2.24, 2.45) is 0 Å². The molecule has 8 rings (SSSR count). The summed E-state index contributed by atoms with van der Waals surface area (Å²) < 4.78 is 28.6. The highest BCUT2D eigenvalue weighted by atomic mass is 35.5. The van der Waals surface area contributed by atoms with E-state index in [4.69, 9.17) is 21.1 Å². The van der Waals surface area contributed by atoms with Gasteiger partial charge < -0.3 is 20.1 Å². The van der Waals surface area contributed by atoms with Crippen LogP contribution in [0.5, 0.6) is 5.75 Å². The quantitative estimate of drug-likeness (QED) is 0.0800. The third-order valence-corrected chi connectivity index (χ3v) is 12.7. The fraction of sp³-hybridized carbons (Fsp3) is 0.311. The van der Waals surface area contributed by atoms with Crippen LogP contribution in [0.3, 0.4) is 0 Å². The summed E-state index contributed by atoms with van der Waals surface area (Å²) in [6.07, 6.45) is 2.27. The lowest BCUT2D eigenvalue weighted by Gasteiger charge is -2.27. The van der Waals surface area contributed by atoms with Gasteiger partial charge in [0.15, 0.2) is 11.6 Å². The average Bonchev–Trinajstić information content (AvgIpc) is 3.82. The standard InChI is InChI=1S/C45H43ClFN7O7S/c1-23-25(3)62-45-39(23)32(27-8-11-30(46)12-9-27)20-29(41-52-51-26(4)53(41)45)22-38(56)49-24(2)28-10-14-36(33(47)21-28)61-19-18-60-17-16-48-34-7-5-6-31-40(34)44(59)54(43(31)58)35-13-15-37(55)50-42(35)57/h5-12,14,20-21,24,29,35,48H,13,15-19,22H2,1-4H3,(H,49,56)(H,50,55,57)/t24-,29-,35?/m0/s1. The van der Waals surface area contributed by atoms with Crippen molar-refractivity contribution in [3.63, 3.8) is 0 Å². The second kappa shape index (κ2) is 17.6. The number of fused-ring (bicyclic) bond motifs is 4. The molecule has 1 fully saturated rings. The van der Waals surface area contributed by atoms with Gasteiger partial charge in [0.05, 0.1) is 30.4 Å². The van der Waals surface area contributed by atoms with Gasteiger partial charge in [0.1, 0.15) is 29.3 Å². The van der Waals surface area contributed by atoms with E-state index in [1.54, 1.807) is 36.5 Å². The van der Waals surface area contributed by atoms with Crippen molar-refractivity contribution in [1.29, 1.82) is 0 Å². The van der Waals surface area contributed by atoms with Gasteiger partial charge in [0.2, 0.25) is 17.7 Å². The van der Waals surface area contributed by atoms with Crippen LogP contribution in [0.25, 0.3) is 10.6 Å². The number of aryl methyl sites for hydroxylation is 2. The number of carbonyl (C=O) groups is 5. The van der Waals surface area contributed by atoms with Gasteiger partial charge in [-0.05, 0) is 92.8 Å². The van der Waals surface area contributed by atoms with Crippen LogP contribution >= 0.6 is 22.9 Å². The van der Waals surface area contributed by atoms with Crippen LogP contribution in [-0.2, 0) is 19.1 Å². The SMILES string of the molecule is Cc1sc2c(c1C)C(c1ccc(Cl)cc1)=C[C@@H](CC(=O)N[C@@H](C)c1ccc(OCCOCCNc3cccc4c3C(=O)N(C3CCC(=O)NC3=O)C4=O)c(F)c1)c1nnc(C)n1-2. The molecule has 62 heavy (non-hydrogen) atoms. The van der Waals surface area contributed by atoms with Crippen LogP contribution in [0.15, 0.2) is 66.7 Å². The molecule has 3 N–H and O–H groups in total. The zero-order valence-electron chi connectivity index (χ0n) is 34.3. The second-order valence-electron chi connectivity index (χ2n) is 15.3. The molecule has 3 atom stereocenters. The Hall–Kier alpha value is -6.23. The van der Waals surface area contributed by atoms with Crippen molar-refractivity contribution in [2.45, 2.75) is 65.0 Å². The smallest absolute Gasteiger partial charge is 0.264 e. The Bertz CT molecular complexity index is 2660. The first kappa shape index (κ1) is 42.5. The number of benzene rings is 3. The number of thiophene rings is 1. The summed E-state index contributed by atoms with van der Waals surface area (Å²) in [7, 11) is 0. The zero-order chi connectivity index (χ0) is 43.8. The molecular formula is C45H43ClFN7O7S. The number of hydrogen-bond acceptors (Lipinski definition) is 11. The first-order chi connectivity index (χ1) is 29.8. The second-order valence-corrected chi connectivity index (χ2v) is 17.0. The fourth-order valence-electron chi connectivity index (χ4n) is 8.05. The molecule has 0 radical (unpaired) electrons. The highest BCUT2D eigenvalue weighted by Gasteiger charge is 2.45. The number of aromatic nitrogens is 3. The molecule has 14 nitrogen and oxygen atoms in total. The monoisotopic (exact) mass is 879 g/mol. The summed E-state index contributed by atoms with van der Waals surface area (Å²) in [5.41, 5.74) is 5.48. The highest BCUT2D eigenvalue weighted by molar-refractivity contribution is 7.15. The molecule has 0 aliphatic carbocycles. The summed E-state index contributed by atoms with van der Waals surface area (Å²) >= 11 is 7.92. The summed E-state index contributed by atoms with van der Waals surface area (Å²) in [5.74, 6) is -2.14. The van der Waals surface area contributed by atoms with Crippen molar-refractivity contribution < 1.29 is 37.8 Å². The summed E-state index contributed by atoms with van der Waals surface area (Å²) in [5, 5.41) is 18.9. The minimum Gasteiger partial charge on any atom is -0.488 e. The van der Waals surface area contributed by atoms with Crippen molar-refractivity contribution >= 4 is 63.7 Å². The van der Waals surface area contributed by atoms with Gasteiger partial charge in [-0.25, -0.2) is 4.39 Å². The first-order valence-electron chi connectivity index (χ1n) is 20.2. The molecule has 1 saturated heterocycles. The number of piperidine rings is 1. The minimum atomic E-state index is -1.06. The lowest BCUT2D eigenvalue weighted by molar-refractivity contribution is -0.136. The van der Waals surface area contributed by atoms with Gasteiger partial charge in [-0.3, -0.25) is 38.8 Å². The Labute approximate surface area is 365 Å². The number of rotatable bonds is 14. The molecule has 3 aliphatic heterocycles. The van der Waals surface area contributed by atoms with Gasteiger partial charge in [-0.2, -0.15) is 0 Å². The number of hydrogen-bond donors (Lipinski definition) is 3. The molecule has 1 unspecified atom stereocenters. The summed E-state index contributed by atoms with van der Waals surface area (Å²) in [4.78, 5) is 66.2. The molecule has 5 aromatic rings. The van der Waals surface area contributed by atoms with E-state index in [-0.39, 0.29) is 68.4 Å². The third-order valence-electron chi connectivity index (χ3n) is 11.3. The molecule has 0 saturated carbocycles. The van der Waals surface area contributed by atoms with E-state index in [9.17, 15) is 24.0 Å². The third kappa shape index (κ3) is 8.24. The number of ether oxygens (including phenoxy) is 2. The number of amides is 5. The Morgan fingerprint density at radius 2 is 1.79 bits per heavy atom. The molecule has 17 heteroatoms. The Morgan fingerprint density at radius 1 is 1.00 bits per heavy atom. The largest absolute Gasteiger partial charge is 0.488 e. The number of halogens is 2. The first-order valence-corrected chi connectivity index (χ1v) is 21.4. The van der Waals surface area contributed by atoms with Gasteiger partial charge in [-0.1, -0.05) is 41.9 Å². The highest BCUT2D eigenvalue weighted by Crippen LogP contribution is 2.44. The van der Waals surface area contributed by atoms with Crippen LogP contribution in [0.4, 0.5) is 10.1 Å². The molecule has 320 valence electrons. The van der Waals surface area contributed by atoms with Gasteiger partial charge >= 0.3 is 0 Å². The lowest BCUT2D eigenvalue weighted by Crippen LogP contribution is -2.54. The Balaban J connectivity index is 0.837. The van der Waals surface area contributed by atoms with E-state index < -0.39 is 47.4 Å². The van der Waals surface area contributed by atoms with Gasteiger partial charge in [-0.15, -0.1) is 21.5 Å². The van der Waals surface area contributed by atoms with E-state index in [2.05, 4.69) is 46.1 Å². The van der Waals surface area contributed by atoms with E-state index in [0.717, 1.165) is 38.0 Å². The van der Waals surface area contributed by atoms with Crippen molar-refractivity contribution in [3.8, 4) is 10.8 Å². The van der Waals surface area contributed by atoms with Gasteiger partial charge in [0, 0.05) is 46.5 Å². The minimum absolute atomic E-state index is 0.0311. The predicted molar refractivity (Wildman–Crippen MR) is 230 cm³/mol. The molecule has 5 heterocycles. The zero-order valence-corrected chi connectivity index (χ0v) is 35.9. The van der Waals surface area contributed by atoms with E-state index >= 15 is 4.39 Å². The summed E-state index contributed by atoms with van der Waals surface area (Å²) in [6.45, 7) is 8.56.